The second-order valence-corrected chi connectivity index (χ2v) is 12.0. The third-order valence-electron chi connectivity index (χ3n) is 7.38. The van der Waals surface area contributed by atoms with Crippen LogP contribution in [0.4, 0.5) is 24.5 Å². The number of hydrogen-bond donors (Lipinski definition) is 3. The SMILES string of the molecule is CCN1CCN(C(=O)c2ccc(N3CCNCC3)c(NS(=O)(=O)c3cc(C)c(C)cc3C)c2)CC1.O=C(O)C(F)(F)F. The van der Waals surface area contributed by atoms with Crippen molar-refractivity contribution in [2.45, 2.75) is 38.8 Å². The zero-order valence-corrected chi connectivity index (χ0v) is 25.0. The van der Waals surface area contributed by atoms with Crippen molar-refractivity contribution >= 4 is 33.3 Å². The Labute approximate surface area is 244 Å². The number of aryl methyl sites for hydroxylation is 3. The van der Waals surface area contributed by atoms with Gasteiger partial charge in [-0.05, 0) is 68.3 Å². The number of carbonyl (C=O) groups is 2. The van der Waals surface area contributed by atoms with E-state index in [1.807, 2.05) is 43.9 Å². The zero-order valence-electron chi connectivity index (χ0n) is 24.2. The molecule has 0 radical (unpaired) electrons. The van der Waals surface area contributed by atoms with Crippen LogP contribution in [0.5, 0.6) is 0 Å². The Bertz CT molecular complexity index is 1390. The molecule has 10 nitrogen and oxygen atoms in total. The van der Waals surface area contributed by atoms with Crippen molar-refractivity contribution in [3.63, 3.8) is 0 Å². The molecule has 2 aromatic rings. The van der Waals surface area contributed by atoms with Crippen LogP contribution < -0.4 is 14.9 Å². The van der Waals surface area contributed by atoms with Gasteiger partial charge in [0.2, 0.25) is 0 Å². The van der Waals surface area contributed by atoms with Gasteiger partial charge < -0.3 is 25.1 Å². The summed E-state index contributed by atoms with van der Waals surface area (Å²) >= 11 is 0. The van der Waals surface area contributed by atoms with Crippen LogP contribution >= 0.6 is 0 Å². The molecule has 0 aromatic heterocycles. The number of halogens is 3. The van der Waals surface area contributed by atoms with Gasteiger partial charge in [0.1, 0.15) is 0 Å². The number of carboxylic acids is 1. The third-order valence-corrected chi connectivity index (χ3v) is 8.88. The summed E-state index contributed by atoms with van der Waals surface area (Å²) in [6.45, 7) is 15.1. The molecule has 0 bridgehead atoms. The predicted molar refractivity (Wildman–Crippen MR) is 155 cm³/mol. The molecule has 3 N–H and O–H groups in total. The number of alkyl halides is 3. The van der Waals surface area contributed by atoms with Crippen LogP contribution in [-0.2, 0) is 14.8 Å². The monoisotopic (exact) mass is 613 g/mol. The molecule has 232 valence electrons. The molecule has 2 fully saturated rings. The second kappa shape index (κ2) is 13.7. The predicted octanol–water partition coefficient (Wildman–Crippen LogP) is 3.23. The van der Waals surface area contributed by atoms with Crippen LogP contribution in [0.15, 0.2) is 35.2 Å². The van der Waals surface area contributed by atoms with E-state index in [-0.39, 0.29) is 10.8 Å². The van der Waals surface area contributed by atoms with Crippen LogP contribution in [0.3, 0.4) is 0 Å². The summed E-state index contributed by atoms with van der Waals surface area (Å²) < 4.78 is 61.6. The summed E-state index contributed by atoms with van der Waals surface area (Å²) in [5.41, 5.74) is 4.42. The highest BCUT2D eigenvalue weighted by Crippen LogP contribution is 2.31. The van der Waals surface area contributed by atoms with E-state index >= 15 is 0 Å². The van der Waals surface area contributed by atoms with E-state index in [1.54, 1.807) is 12.1 Å². The number of carboxylic acid groups (broad SMARTS) is 1. The Balaban J connectivity index is 0.000000616. The van der Waals surface area contributed by atoms with Crippen LogP contribution in [0, 0.1) is 20.8 Å². The summed E-state index contributed by atoms with van der Waals surface area (Å²) in [6, 6.07) is 9.04. The van der Waals surface area contributed by atoms with Crippen molar-refractivity contribution in [1.82, 2.24) is 15.1 Å². The van der Waals surface area contributed by atoms with Gasteiger partial charge in [-0.1, -0.05) is 13.0 Å². The van der Waals surface area contributed by atoms with Crippen molar-refractivity contribution in [3.8, 4) is 0 Å². The van der Waals surface area contributed by atoms with Gasteiger partial charge in [0.15, 0.2) is 0 Å². The first-order valence-corrected chi connectivity index (χ1v) is 15.1. The summed E-state index contributed by atoms with van der Waals surface area (Å²) in [5, 5.41) is 10.5. The maximum absolute atomic E-state index is 13.5. The molecule has 42 heavy (non-hydrogen) atoms. The van der Waals surface area contributed by atoms with Crippen molar-refractivity contribution in [2.24, 2.45) is 0 Å². The number of likely N-dealkylation sites (N-methyl/N-ethyl adjacent to an activating group) is 1. The number of sulfonamides is 1. The maximum Gasteiger partial charge on any atom is 0.490 e. The molecule has 2 aromatic carbocycles. The lowest BCUT2D eigenvalue weighted by molar-refractivity contribution is -0.192. The topological polar surface area (TPSA) is 122 Å². The van der Waals surface area contributed by atoms with Gasteiger partial charge in [0, 0.05) is 57.9 Å². The van der Waals surface area contributed by atoms with Crippen molar-refractivity contribution in [2.75, 3.05) is 68.5 Å². The molecule has 2 heterocycles. The van der Waals surface area contributed by atoms with Crippen molar-refractivity contribution in [3.05, 3.63) is 52.6 Å². The molecule has 2 aliphatic heterocycles. The number of nitrogens with zero attached hydrogens (tertiary/aromatic N) is 3. The van der Waals surface area contributed by atoms with Gasteiger partial charge >= 0.3 is 12.1 Å². The molecule has 0 unspecified atom stereocenters. The number of nitrogens with one attached hydrogen (secondary N) is 2. The van der Waals surface area contributed by atoms with E-state index in [4.69, 9.17) is 9.90 Å². The number of anilines is 2. The fourth-order valence-electron chi connectivity index (χ4n) is 4.81. The lowest BCUT2D eigenvalue weighted by atomic mass is 10.1. The maximum atomic E-state index is 13.5. The number of amides is 1. The van der Waals surface area contributed by atoms with E-state index in [9.17, 15) is 26.4 Å². The van der Waals surface area contributed by atoms with Crippen molar-refractivity contribution < 1.29 is 36.3 Å². The Morgan fingerprint density at radius 2 is 1.50 bits per heavy atom. The van der Waals surface area contributed by atoms with Gasteiger partial charge in [-0.25, -0.2) is 13.2 Å². The first kappa shape index (κ1) is 33.1. The number of aliphatic carboxylic acids is 1. The molecule has 0 spiro atoms. The van der Waals surface area contributed by atoms with Crippen LogP contribution in [-0.4, -0.2) is 100 Å². The summed E-state index contributed by atoms with van der Waals surface area (Å²) in [4.78, 5) is 28.8. The van der Waals surface area contributed by atoms with E-state index < -0.39 is 22.2 Å². The average Bonchev–Trinajstić information content (AvgIpc) is 2.94. The van der Waals surface area contributed by atoms with E-state index in [1.165, 1.54) is 0 Å². The molecule has 0 aliphatic carbocycles. The molecule has 2 saturated heterocycles. The minimum Gasteiger partial charge on any atom is -0.475 e. The first-order chi connectivity index (χ1) is 19.6. The van der Waals surface area contributed by atoms with Crippen LogP contribution in [0.2, 0.25) is 0 Å². The van der Waals surface area contributed by atoms with E-state index in [0.29, 0.717) is 29.9 Å². The second-order valence-electron chi connectivity index (χ2n) is 10.3. The lowest BCUT2D eigenvalue weighted by Crippen LogP contribution is -2.48. The Hall–Kier alpha value is -3.36. The van der Waals surface area contributed by atoms with Gasteiger partial charge in [0.05, 0.1) is 16.3 Å². The van der Waals surface area contributed by atoms with Crippen LogP contribution in [0.1, 0.15) is 34.0 Å². The minimum absolute atomic E-state index is 0.0598. The highest BCUT2D eigenvalue weighted by Gasteiger charge is 2.38. The largest absolute Gasteiger partial charge is 0.490 e. The first-order valence-electron chi connectivity index (χ1n) is 13.7. The number of hydrogen-bond acceptors (Lipinski definition) is 7. The molecule has 14 heteroatoms. The molecule has 1 amide bonds. The highest BCUT2D eigenvalue weighted by atomic mass is 32.2. The lowest BCUT2D eigenvalue weighted by Gasteiger charge is -2.34. The standard InChI is InChI=1S/C26H37N5O3S.C2HF3O2/c1-5-29-12-14-31(15-13-29)26(32)22-6-7-24(30-10-8-27-9-11-30)23(18-22)28-35(33,34)25-17-20(3)19(2)16-21(25)4;3-2(4,5)1(6)7/h6-7,16-18,27-28H,5,8-15H2,1-4H3;(H,6,7). The fraction of sp³-hybridized carbons (Fsp3) is 0.500. The summed E-state index contributed by atoms with van der Waals surface area (Å²) in [6.07, 6.45) is -5.08. The Morgan fingerprint density at radius 1 is 0.929 bits per heavy atom. The molecule has 4 rings (SSSR count). The number of piperazine rings is 2. The Morgan fingerprint density at radius 3 is 2.05 bits per heavy atom. The van der Waals surface area contributed by atoms with E-state index in [2.05, 4.69) is 26.8 Å². The average molecular weight is 614 g/mol. The third kappa shape index (κ3) is 8.35. The number of carbonyl (C=O) groups excluding carboxylic acids is 1. The molecular weight excluding hydrogens is 575 g/mol. The highest BCUT2D eigenvalue weighted by molar-refractivity contribution is 7.92. The summed E-state index contributed by atoms with van der Waals surface area (Å²) in [7, 11) is -3.85. The minimum atomic E-state index is -5.08. The van der Waals surface area contributed by atoms with E-state index in [0.717, 1.165) is 62.6 Å². The van der Waals surface area contributed by atoms with Gasteiger partial charge in [0.25, 0.3) is 15.9 Å². The smallest absolute Gasteiger partial charge is 0.475 e. The molecular formula is C28H38F3N5O5S. The van der Waals surface area contributed by atoms with Gasteiger partial charge in [-0.2, -0.15) is 13.2 Å². The van der Waals surface area contributed by atoms with Gasteiger partial charge in [-0.15, -0.1) is 0 Å². The number of rotatable bonds is 6. The normalized spacial score (nSPS) is 16.5. The Kier molecular flexibility index (Phi) is 10.8. The fourth-order valence-corrected chi connectivity index (χ4v) is 6.18. The molecule has 0 saturated carbocycles. The molecule has 0 atom stereocenters. The van der Waals surface area contributed by atoms with Crippen LogP contribution in [0.25, 0.3) is 0 Å². The molecule has 2 aliphatic rings. The summed E-state index contributed by atoms with van der Waals surface area (Å²) in [5.74, 6) is -2.82. The zero-order chi connectivity index (χ0) is 31.2. The quantitative estimate of drug-likeness (QED) is 0.454. The number of benzene rings is 2. The van der Waals surface area contributed by atoms with Gasteiger partial charge in [-0.3, -0.25) is 9.52 Å². The van der Waals surface area contributed by atoms with Crippen molar-refractivity contribution in [1.29, 1.82) is 0 Å².